The van der Waals surface area contributed by atoms with Crippen molar-refractivity contribution in [3.05, 3.63) is 17.8 Å². The van der Waals surface area contributed by atoms with Gasteiger partial charge in [-0.2, -0.15) is 0 Å². The zero-order valence-corrected chi connectivity index (χ0v) is 14.0. The topological polar surface area (TPSA) is 84.1 Å². The Morgan fingerprint density at radius 2 is 1.90 bits per heavy atom. The van der Waals surface area contributed by atoms with Gasteiger partial charge in [-0.15, -0.1) is 35.0 Å². The second-order valence-electron chi connectivity index (χ2n) is 5.64. The molecule has 1 aromatic heterocycles. The summed E-state index contributed by atoms with van der Waals surface area (Å²) < 4.78 is 0. The van der Waals surface area contributed by atoms with Gasteiger partial charge in [-0.05, 0) is 38.8 Å². The van der Waals surface area contributed by atoms with Crippen molar-refractivity contribution in [1.29, 1.82) is 0 Å². The highest BCUT2D eigenvalue weighted by atomic mass is 35.5. The zero-order chi connectivity index (χ0) is 13.9. The molecule has 0 aromatic carbocycles. The largest absolute Gasteiger partial charge is 0.355 e. The first-order valence-corrected chi connectivity index (χ1v) is 6.61. The second kappa shape index (κ2) is 8.36. The van der Waals surface area contributed by atoms with Crippen molar-refractivity contribution in [2.75, 3.05) is 24.5 Å². The number of amides is 1. The fourth-order valence-electron chi connectivity index (χ4n) is 1.96. The molecule has 0 bridgehead atoms. The molecule has 0 aliphatic carbocycles. The maximum Gasteiger partial charge on any atom is 0.271 e. The lowest BCUT2D eigenvalue weighted by Crippen LogP contribution is -2.45. The van der Waals surface area contributed by atoms with E-state index in [9.17, 15) is 4.79 Å². The van der Waals surface area contributed by atoms with E-state index in [1.54, 1.807) is 6.07 Å². The Kier molecular flexibility index (Phi) is 7.92. The maximum absolute atomic E-state index is 11.8. The number of halogens is 2. The van der Waals surface area contributed by atoms with E-state index in [0.29, 0.717) is 12.2 Å². The number of hydrogen-bond donors (Lipinski definition) is 2. The number of aromatic nitrogens is 2. The van der Waals surface area contributed by atoms with E-state index in [1.165, 1.54) is 12.8 Å². The predicted octanol–water partition coefficient (Wildman–Crippen LogP) is 1.39. The van der Waals surface area contributed by atoms with Crippen LogP contribution in [0.3, 0.4) is 0 Å². The third kappa shape index (κ3) is 6.03. The minimum atomic E-state index is -0.432. The lowest BCUT2D eigenvalue weighted by molar-refractivity contribution is 0.0940. The molecular formula is C13H23Cl2N5O. The minimum absolute atomic E-state index is 0. The summed E-state index contributed by atoms with van der Waals surface area (Å²) >= 11 is 0. The quantitative estimate of drug-likeness (QED) is 0.868. The summed E-state index contributed by atoms with van der Waals surface area (Å²) in [7, 11) is 0. The normalized spacial score (nSPS) is 14.1. The van der Waals surface area contributed by atoms with E-state index < -0.39 is 5.54 Å². The third-order valence-corrected chi connectivity index (χ3v) is 3.02. The molecule has 1 aromatic rings. The van der Waals surface area contributed by atoms with Gasteiger partial charge in [0.25, 0.3) is 5.91 Å². The number of hydrogen-bond acceptors (Lipinski definition) is 5. The van der Waals surface area contributed by atoms with Crippen molar-refractivity contribution in [3.8, 4) is 0 Å². The second-order valence-corrected chi connectivity index (χ2v) is 5.64. The van der Waals surface area contributed by atoms with Crippen LogP contribution in [0.25, 0.3) is 0 Å². The number of anilines is 1. The van der Waals surface area contributed by atoms with E-state index >= 15 is 0 Å². The Hall–Kier alpha value is -1.11. The molecule has 3 N–H and O–H groups in total. The Labute approximate surface area is 137 Å². The van der Waals surface area contributed by atoms with Crippen LogP contribution in [-0.2, 0) is 0 Å². The van der Waals surface area contributed by atoms with Crippen molar-refractivity contribution in [1.82, 2.24) is 15.5 Å². The summed E-state index contributed by atoms with van der Waals surface area (Å²) in [6, 6.07) is 3.56. The average molecular weight is 336 g/mol. The van der Waals surface area contributed by atoms with E-state index in [-0.39, 0.29) is 30.7 Å². The van der Waals surface area contributed by atoms with Gasteiger partial charge in [0.05, 0.1) is 0 Å². The molecule has 0 unspecified atom stereocenters. The van der Waals surface area contributed by atoms with Crippen LogP contribution in [0.5, 0.6) is 0 Å². The number of carbonyl (C=O) groups excluding carboxylic acids is 1. The molecule has 2 heterocycles. The highest BCUT2D eigenvalue weighted by Gasteiger charge is 2.17. The van der Waals surface area contributed by atoms with Crippen molar-refractivity contribution in [2.24, 2.45) is 5.73 Å². The predicted molar refractivity (Wildman–Crippen MR) is 88.6 cm³/mol. The molecule has 0 saturated carbocycles. The molecule has 1 aliphatic heterocycles. The lowest BCUT2D eigenvalue weighted by atomic mass is 10.1. The van der Waals surface area contributed by atoms with Crippen LogP contribution < -0.4 is 16.0 Å². The van der Waals surface area contributed by atoms with Gasteiger partial charge in [0, 0.05) is 25.2 Å². The van der Waals surface area contributed by atoms with Gasteiger partial charge in [0.2, 0.25) is 0 Å². The van der Waals surface area contributed by atoms with Crippen molar-refractivity contribution in [2.45, 2.75) is 32.2 Å². The molecule has 1 amide bonds. The summed E-state index contributed by atoms with van der Waals surface area (Å²) in [6.45, 7) is 6.15. The van der Waals surface area contributed by atoms with Gasteiger partial charge in [-0.3, -0.25) is 4.79 Å². The summed E-state index contributed by atoms with van der Waals surface area (Å²) in [5, 5.41) is 10.8. The molecule has 8 heteroatoms. The Morgan fingerprint density at radius 1 is 1.29 bits per heavy atom. The molecule has 6 nitrogen and oxygen atoms in total. The van der Waals surface area contributed by atoms with E-state index in [4.69, 9.17) is 5.73 Å². The van der Waals surface area contributed by atoms with Gasteiger partial charge in [0.15, 0.2) is 11.5 Å². The maximum atomic E-state index is 11.8. The third-order valence-electron chi connectivity index (χ3n) is 3.02. The van der Waals surface area contributed by atoms with E-state index in [2.05, 4.69) is 20.4 Å². The van der Waals surface area contributed by atoms with Crippen LogP contribution in [0.2, 0.25) is 0 Å². The first kappa shape index (κ1) is 19.9. The lowest BCUT2D eigenvalue weighted by Gasteiger charge is -2.19. The molecule has 21 heavy (non-hydrogen) atoms. The molecule has 1 fully saturated rings. The summed E-state index contributed by atoms with van der Waals surface area (Å²) in [5.41, 5.74) is 5.71. The van der Waals surface area contributed by atoms with Crippen molar-refractivity contribution < 1.29 is 4.79 Å². The first-order chi connectivity index (χ1) is 8.96. The number of rotatable bonds is 4. The molecule has 1 saturated heterocycles. The van der Waals surface area contributed by atoms with E-state index in [0.717, 1.165) is 18.9 Å². The fraction of sp³-hybridized carbons (Fsp3) is 0.615. The molecular weight excluding hydrogens is 313 g/mol. The van der Waals surface area contributed by atoms with Crippen LogP contribution in [0, 0.1) is 0 Å². The monoisotopic (exact) mass is 335 g/mol. The average Bonchev–Trinajstić information content (AvgIpc) is 2.89. The van der Waals surface area contributed by atoms with Crippen LogP contribution in [-0.4, -0.2) is 41.3 Å². The smallest absolute Gasteiger partial charge is 0.271 e. The Bertz CT molecular complexity index is 441. The molecule has 1 aliphatic rings. The van der Waals surface area contributed by atoms with Gasteiger partial charge in [-0.25, -0.2) is 0 Å². The molecule has 0 spiro atoms. The first-order valence-electron chi connectivity index (χ1n) is 6.61. The van der Waals surface area contributed by atoms with Crippen LogP contribution in [0.1, 0.15) is 37.2 Å². The summed E-state index contributed by atoms with van der Waals surface area (Å²) in [5.74, 6) is 0.604. The SMILES string of the molecule is CC(C)(N)CNC(=O)c1ccc(N2CCCC2)nn1.Cl.Cl. The van der Waals surface area contributed by atoms with Gasteiger partial charge in [-0.1, -0.05) is 0 Å². The fourth-order valence-corrected chi connectivity index (χ4v) is 1.96. The molecule has 2 rings (SSSR count). The molecule has 0 radical (unpaired) electrons. The number of carbonyl (C=O) groups is 1. The summed E-state index contributed by atoms with van der Waals surface area (Å²) in [4.78, 5) is 14.0. The van der Waals surface area contributed by atoms with Crippen LogP contribution >= 0.6 is 24.8 Å². The van der Waals surface area contributed by atoms with Gasteiger partial charge >= 0.3 is 0 Å². The Morgan fingerprint density at radius 3 is 2.38 bits per heavy atom. The standard InChI is InChI=1S/C13H21N5O.2ClH/c1-13(2,14)9-15-12(19)10-5-6-11(17-16-10)18-7-3-4-8-18;;/h5-6H,3-4,7-9,14H2,1-2H3,(H,15,19);2*1H. The molecule has 0 atom stereocenters. The van der Waals surface area contributed by atoms with Crippen molar-refractivity contribution >= 4 is 36.5 Å². The van der Waals surface area contributed by atoms with E-state index in [1.807, 2.05) is 19.9 Å². The van der Waals surface area contributed by atoms with Crippen LogP contribution in [0.15, 0.2) is 12.1 Å². The van der Waals surface area contributed by atoms with Crippen molar-refractivity contribution in [3.63, 3.8) is 0 Å². The number of nitrogens with zero attached hydrogens (tertiary/aromatic N) is 3. The zero-order valence-electron chi connectivity index (χ0n) is 12.3. The minimum Gasteiger partial charge on any atom is -0.355 e. The summed E-state index contributed by atoms with van der Waals surface area (Å²) in [6.07, 6.45) is 2.38. The Balaban J connectivity index is 0.00000200. The van der Waals surface area contributed by atoms with Gasteiger partial charge < -0.3 is 16.0 Å². The highest BCUT2D eigenvalue weighted by molar-refractivity contribution is 5.92. The van der Waals surface area contributed by atoms with Gasteiger partial charge in [0.1, 0.15) is 0 Å². The van der Waals surface area contributed by atoms with Crippen LogP contribution in [0.4, 0.5) is 5.82 Å². The molecule has 120 valence electrons. The number of nitrogens with one attached hydrogen (secondary N) is 1. The number of nitrogens with two attached hydrogens (primary N) is 1. The highest BCUT2D eigenvalue weighted by Crippen LogP contribution is 2.16.